The van der Waals surface area contributed by atoms with Crippen molar-refractivity contribution < 1.29 is 5.11 Å². The second kappa shape index (κ2) is 4.96. The smallest absolute Gasteiger partial charge is 0.123 e. The number of halogens is 1. The van der Waals surface area contributed by atoms with Gasteiger partial charge in [0.15, 0.2) is 0 Å². The molecule has 2 aromatic rings. The molecular formula is C14H15ClN2O. The van der Waals surface area contributed by atoms with E-state index >= 15 is 0 Å². The molecule has 0 aliphatic carbocycles. The number of benzene rings is 1. The third-order valence-electron chi connectivity index (χ3n) is 2.85. The Morgan fingerprint density at radius 1 is 1.33 bits per heavy atom. The lowest BCUT2D eigenvalue weighted by atomic mass is 9.89. The Bertz CT molecular complexity index is 555. The number of nitrogens with two attached hydrogens (primary N) is 1. The van der Waals surface area contributed by atoms with E-state index < -0.39 is 5.60 Å². The molecule has 0 aliphatic rings. The van der Waals surface area contributed by atoms with Crippen LogP contribution in [-0.4, -0.2) is 10.1 Å². The molecule has 18 heavy (non-hydrogen) atoms. The molecule has 94 valence electrons. The quantitative estimate of drug-likeness (QED) is 0.894. The summed E-state index contributed by atoms with van der Waals surface area (Å²) < 4.78 is 0. The largest absolute Gasteiger partial charge is 0.385 e. The zero-order chi connectivity index (χ0) is 13.2. The fraction of sp³-hybridized carbons (Fsp3) is 0.214. The van der Waals surface area contributed by atoms with Crippen LogP contribution >= 0.6 is 11.6 Å². The molecule has 3 N–H and O–H groups in total. The van der Waals surface area contributed by atoms with Crippen LogP contribution in [0.2, 0.25) is 5.02 Å². The van der Waals surface area contributed by atoms with Gasteiger partial charge in [-0.25, -0.2) is 4.98 Å². The minimum absolute atomic E-state index is 0.434. The average molecular weight is 263 g/mol. The van der Waals surface area contributed by atoms with Crippen molar-refractivity contribution in [1.82, 2.24) is 4.98 Å². The van der Waals surface area contributed by atoms with Crippen molar-refractivity contribution >= 4 is 17.4 Å². The van der Waals surface area contributed by atoms with Crippen LogP contribution in [0.4, 0.5) is 5.82 Å². The average Bonchev–Trinajstić information content (AvgIpc) is 2.28. The number of rotatable bonds is 3. The minimum Gasteiger partial charge on any atom is -0.385 e. The van der Waals surface area contributed by atoms with Crippen molar-refractivity contribution in [1.29, 1.82) is 0 Å². The molecule has 2 rings (SSSR count). The topological polar surface area (TPSA) is 59.1 Å². The van der Waals surface area contributed by atoms with Crippen molar-refractivity contribution in [2.24, 2.45) is 0 Å². The Labute approximate surface area is 111 Å². The highest BCUT2D eigenvalue weighted by Gasteiger charge is 2.25. The van der Waals surface area contributed by atoms with Crippen LogP contribution in [0.3, 0.4) is 0 Å². The van der Waals surface area contributed by atoms with Crippen molar-refractivity contribution in [2.75, 3.05) is 5.73 Å². The monoisotopic (exact) mass is 262 g/mol. The Morgan fingerprint density at radius 3 is 2.72 bits per heavy atom. The number of pyridine rings is 1. The lowest BCUT2D eigenvalue weighted by Gasteiger charge is -2.25. The van der Waals surface area contributed by atoms with Gasteiger partial charge in [0.25, 0.3) is 0 Å². The number of nitrogen functional groups attached to an aromatic ring is 1. The highest BCUT2D eigenvalue weighted by molar-refractivity contribution is 6.31. The number of hydrogen-bond donors (Lipinski definition) is 2. The maximum atomic E-state index is 10.6. The van der Waals surface area contributed by atoms with Crippen LogP contribution < -0.4 is 5.73 Å². The van der Waals surface area contributed by atoms with Gasteiger partial charge in [0.2, 0.25) is 0 Å². The second-order valence-corrected chi connectivity index (χ2v) is 4.93. The van der Waals surface area contributed by atoms with Gasteiger partial charge in [-0.15, -0.1) is 0 Å². The van der Waals surface area contributed by atoms with Crippen LogP contribution in [0.25, 0.3) is 0 Å². The highest BCUT2D eigenvalue weighted by atomic mass is 35.5. The Kier molecular flexibility index (Phi) is 3.55. The van der Waals surface area contributed by atoms with Crippen molar-refractivity contribution in [3.05, 3.63) is 58.7 Å². The van der Waals surface area contributed by atoms with E-state index in [2.05, 4.69) is 4.98 Å². The molecule has 0 radical (unpaired) electrons. The van der Waals surface area contributed by atoms with E-state index in [0.717, 1.165) is 5.56 Å². The van der Waals surface area contributed by atoms with Crippen LogP contribution in [0.1, 0.15) is 18.1 Å². The lowest BCUT2D eigenvalue weighted by molar-refractivity contribution is 0.0577. The number of nitrogens with zero attached hydrogens (tertiary/aromatic N) is 1. The van der Waals surface area contributed by atoms with Gasteiger partial charge in [-0.05, 0) is 30.7 Å². The zero-order valence-corrected chi connectivity index (χ0v) is 10.9. The molecule has 0 saturated carbocycles. The van der Waals surface area contributed by atoms with E-state index in [9.17, 15) is 5.11 Å². The van der Waals surface area contributed by atoms with E-state index in [0.29, 0.717) is 22.8 Å². The Balaban J connectivity index is 2.30. The van der Waals surface area contributed by atoms with Crippen LogP contribution in [0.5, 0.6) is 0 Å². The summed E-state index contributed by atoms with van der Waals surface area (Å²) in [6.07, 6.45) is 2.07. The summed E-state index contributed by atoms with van der Waals surface area (Å²) in [6, 6.07) is 10.9. The number of anilines is 1. The van der Waals surface area contributed by atoms with E-state index in [-0.39, 0.29) is 0 Å². The first-order chi connectivity index (χ1) is 8.49. The first-order valence-corrected chi connectivity index (χ1v) is 6.04. The number of aromatic nitrogens is 1. The van der Waals surface area contributed by atoms with E-state index in [1.165, 1.54) is 0 Å². The van der Waals surface area contributed by atoms with Crippen molar-refractivity contribution in [2.45, 2.75) is 18.9 Å². The maximum absolute atomic E-state index is 10.6. The summed E-state index contributed by atoms with van der Waals surface area (Å²) in [5.74, 6) is 0.447. The minimum atomic E-state index is -1.04. The molecule has 0 amide bonds. The van der Waals surface area contributed by atoms with Crippen LogP contribution in [0.15, 0.2) is 42.6 Å². The van der Waals surface area contributed by atoms with Crippen molar-refractivity contribution in [3.8, 4) is 0 Å². The van der Waals surface area contributed by atoms with Crippen LogP contribution in [-0.2, 0) is 12.0 Å². The summed E-state index contributed by atoms with van der Waals surface area (Å²) in [7, 11) is 0. The van der Waals surface area contributed by atoms with Gasteiger partial charge >= 0.3 is 0 Å². The third-order valence-corrected chi connectivity index (χ3v) is 3.18. The summed E-state index contributed by atoms with van der Waals surface area (Å²) in [4.78, 5) is 3.93. The molecule has 0 fully saturated rings. The molecule has 3 nitrogen and oxygen atoms in total. The molecule has 1 heterocycles. The Morgan fingerprint density at radius 2 is 2.06 bits per heavy atom. The van der Waals surface area contributed by atoms with Gasteiger partial charge in [-0.2, -0.15) is 0 Å². The molecule has 0 bridgehead atoms. The fourth-order valence-electron chi connectivity index (χ4n) is 2.00. The summed E-state index contributed by atoms with van der Waals surface area (Å²) in [6.45, 7) is 1.74. The molecule has 1 unspecified atom stereocenters. The summed E-state index contributed by atoms with van der Waals surface area (Å²) >= 11 is 6.11. The highest BCUT2D eigenvalue weighted by Crippen LogP contribution is 2.30. The standard InChI is InChI=1S/C14H15ClN2O/c1-14(18,11-4-2-3-5-12(11)15)9-10-6-7-17-13(16)8-10/h2-8,18H,9H2,1H3,(H2,16,17). The van der Waals surface area contributed by atoms with Gasteiger partial charge in [0.1, 0.15) is 5.82 Å². The van der Waals surface area contributed by atoms with E-state index in [4.69, 9.17) is 17.3 Å². The maximum Gasteiger partial charge on any atom is 0.123 e. The lowest BCUT2D eigenvalue weighted by Crippen LogP contribution is -2.24. The van der Waals surface area contributed by atoms with Gasteiger partial charge < -0.3 is 10.8 Å². The Hall–Kier alpha value is -1.58. The molecule has 4 heteroatoms. The first-order valence-electron chi connectivity index (χ1n) is 5.67. The predicted molar refractivity (Wildman–Crippen MR) is 73.4 cm³/mol. The van der Waals surface area contributed by atoms with Gasteiger partial charge in [0, 0.05) is 23.2 Å². The van der Waals surface area contributed by atoms with E-state index in [1.54, 1.807) is 25.3 Å². The molecule has 0 spiro atoms. The molecule has 1 atom stereocenters. The number of hydrogen-bond acceptors (Lipinski definition) is 3. The molecule has 1 aromatic carbocycles. The summed E-state index contributed by atoms with van der Waals surface area (Å²) in [5.41, 5.74) is 6.23. The predicted octanol–water partition coefficient (Wildman–Crippen LogP) is 2.77. The number of aliphatic hydroxyl groups is 1. The molecule has 0 saturated heterocycles. The SMILES string of the molecule is CC(O)(Cc1ccnc(N)c1)c1ccccc1Cl. The first kappa shape index (κ1) is 12.9. The fourth-order valence-corrected chi connectivity index (χ4v) is 2.33. The van der Waals surface area contributed by atoms with Gasteiger partial charge in [-0.3, -0.25) is 0 Å². The summed E-state index contributed by atoms with van der Waals surface area (Å²) in [5, 5.41) is 11.1. The third kappa shape index (κ3) is 2.81. The van der Waals surface area contributed by atoms with Crippen LogP contribution in [0, 0.1) is 0 Å². The van der Waals surface area contributed by atoms with Crippen molar-refractivity contribution in [3.63, 3.8) is 0 Å². The molecule has 1 aromatic heterocycles. The molecular weight excluding hydrogens is 248 g/mol. The van der Waals surface area contributed by atoms with E-state index in [1.807, 2.05) is 24.3 Å². The normalized spacial score (nSPS) is 14.2. The zero-order valence-electron chi connectivity index (χ0n) is 10.1. The second-order valence-electron chi connectivity index (χ2n) is 4.52. The van der Waals surface area contributed by atoms with Gasteiger partial charge in [-0.1, -0.05) is 29.8 Å². The van der Waals surface area contributed by atoms with Gasteiger partial charge in [0.05, 0.1) is 5.60 Å². The molecule has 0 aliphatic heterocycles.